The normalized spacial score (nSPS) is 19.7. The minimum atomic E-state index is -5.12. The Bertz CT molecular complexity index is 2390. The molecule has 0 aliphatic carbocycles. The van der Waals surface area contributed by atoms with Crippen LogP contribution in [0.2, 0.25) is 0 Å². The number of rotatable bonds is 8. The molecule has 2 saturated heterocycles. The number of pyridine rings is 1. The van der Waals surface area contributed by atoms with Crippen LogP contribution in [0, 0.1) is 18.6 Å². The summed E-state index contributed by atoms with van der Waals surface area (Å²) in [7, 11) is 3.05. The maximum absolute atomic E-state index is 17.2. The number of nitrogens with zero attached hydrogens (tertiary/aromatic N) is 6. The third-order valence-electron chi connectivity index (χ3n) is 11.5. The Hall–Kier alpha value is -5.93. The first-order chi connectivity index (χ1) is 28.5. The molecule has 60 heavy (non-hydrogen) atoms. The van der Waals surface area contributed by atoms with Crippen molar-refractivity contribution < 1.29 is 45.7 Å². The SMILES string of the molecule is COc1ccc(CN(Cc2ccc(OC)cc2)c2cc(-c3nc4c5c(ncnc5c3F)N3C[C@H]5CC[C@@H]([C@H]3[C@H](C)O4)N5C(=O)OC(C)(C)C)c(C(F)(F)F)c(C)c2F)cc1. The second-order valence-corrected chi connectivity index (χ2v) is 16.5. The highest BCUT2D eigenvalue weighted by molar-refractivity contribution is 5.97. The van der Waals surface area contributed by atoms with Gasteiger partial charge in [0.2, 0.25) is 5.88 Å². The molecule has 8 rings (SSSR count). The molecule has 2 fully saturated rings. The number of benzene rings is 3. The van der Waals surface area contributed by atoms with E-state index >= 15 is 22.0 Å². The number of aromatic nitrogens is 3. The molecule has 4 atom stereocenters. The molecule has 5 aromatic rings. The van der Waals surface area contributed by atoms with Crippen LogP contribution in [0.4, 0.5) is 38.3 Å². The van der Waals surface area contributed by atoms with Gasteiger partial charge in [-0.15, -0.1) is 0 Å². The van der Waals surface area contributed by atoms with Gasteiger partial charge in [-0.1, -0.05) is 24.3 Å². The fourth-order valence-electron chi connectivity index (χ4n) is 8.85. The molecule has 2 aromatic heterocycles. The Labute approximate surface area is 344 Å². The second-order valence-electron chi connectivity index (χ2n) is 16.5. The summed E-state index contributed by atoms with van der Waals surface area (Å²) in [6, 6.07) is 13.9. The second kappa shape index (κ2) is 15.3. The maximum atomic E-state index is 17.2. The van der Waals surface area contributed by atoms with Gasteiger partial charge in [-0.25, -0.2) is 28.5 Å². The zero-order valence-corrected chi connectivity index (χ0v) is 34.2. The summed E-state index contributed by atoms with van der Waals surface area (Å²) in [5.41, 5.74) is -3.34. The summed E-state index contributed by atoms with van der Waals surface area (Å²) in [6.07, 6.45) is -3.82. The van der Waals surface area contributed by atoms with Crippen LogP contribution in [-0.2, 0) is 24.0 Å². The molecule has 316 valence electrons. The molecule has 3 aromatic carbocycles. The van der Waals surface area contributed by atoms with E-state index in [9.17, 15) is 4.79 Å². The van der Waals surface area contributed by atoms with Crippen molar-refractivity contribution in [2.75, 3.05) is 30.6 Å². The predicted octanol–water partition coefficient (Wildman–Crippen LogP) is 9.26. The molecule has 3 aliphatic heterocycles. The summed E-state index contributed by atoms with van der Waals surface area (Å²) in [6.45, 7) is 8.63. The molecule has 0 unspecified atom stereocenters. The Morgan fingerprint density at radius 1 is 0.917 bits per heavy atom. The van der Waals surface area contributed by atoms with Crippen LogP contribution in [-0.4, -0.2) is 76.5 Å². The Morgan fingerprint density at radius 2 is 1.53 bits per heavy atom. The molecule has 0 radical (unpaired) electrons. The van der Waals surface area contributed by atoms with Crippen LogP contribution in [0.5, 0.6) is 17.4 Å². The van der Waals surface area contributed by atoms with Gasteiger partial charge in [0.25, 0.3) is 0 Å². The summed E-state index contributed by atoms with van der Waals surface area (Å²) in [5.74, 6) is -0.984. The molecule has 3 aliphatic rings. The Morgan fingerprint density at radius 3 is 2.10 bits per heavy atom. The molecular weight excluding hydrogens is 788 g/mol. The number of carbonyl (C=O) groups is 1. The van der Waals surface area contributed by atoms with Crippen molar-refractivity contribution in [2.45, 2.75) is 96.6 Å². The lowest BCUT2D eigenvalue weighted by Crippen LogP contribution is -2.65. The first kappa shape index (κ1) is 40.8. The monoisotopic (exact) mass is 832 g/mol. The van der Waals surface area contributed by atoms with Gasteiger partial charge in [0.15, 0.2) is 5.82 Å². The average molecular weight is 833 g/mol. The van der Waals surface area contributed by atoms with Gasteiger partial charge >= 0.3 is 12.3 Å². The third kappa shape index (κ3) is 7.33. The standard InChI is InChI=1S/C44H45F5N6O5/c1-23-34(44(47,48)49)30(18-32(35(23)45)53(19-25-8-13-28(57-6)14-9-25)20-26-10-15-29(58-7)16-11-26)37-36(46)38-33-40(51-22-50-38)54-21-27-12-17-31(39(54)24(2)59-41(33)52-37)55(27)42(56)60-43(3,4)5/h8-11,13-16,18,22,24,27,31,39H,12,17,19-21H2,1-7H3/t24-,27+,31-,39+/m0/s1. The molecule has 11 nitrogen and oxygen atoms in total. The summed E-state index contributed by atoms with van der Waals surface area (Å²) in [4.78, 5) is 32.1. The zero-order valence-electron chi connectivity index (χ0n) is 34.2. The van der Waals surface area contributed by atoms with E-state index in [0.29, 0.717) is 47.8 Å². The Kier molecular flexibility index (Phi) is 10.4. The van der Waals surface area contributed by atoms with Gasteiger partial charge in [-0.3, -0.25) is 4.90 Å². The number of hydrogen-bond acceptors (Lipinski definition) is 10. The van der Waals surface area contributed by atoms with Crippen molar-refractivity contribution >= 4 is 28.5 Å². The summed E-state index contributed by atoms with van der Waals surface area (Å²) < 4.78 is 102. The average Bonchev–Trinajstić information content (AvgIpc) is 3.45. The van der Waals surface area contributed by atoms with Crippen molar-refractivity contribution in [3.63, 3.8) is 0 Å². The third-order valence-corrected chi connectivity index (χ3v) is 11.5. The lowest BCUT2D eigenvalue weighted by atomic mass is 9.95. The van der Waals surface area contributed by atoms with Crippen LogP contribution >= 0.6 is 0 Å². The van der Waals surface area contributed by atoms with Crippen LogP contribution in [0.15, 0.2) is 60.9 Å². The zero-order chi connectivity index (χ0) is 42.8. The molecule has 0 N–H and O–H groups in total. The van der Waals surface area contributed by atoms with Gasteiger partial charge in [-0.05, 0) is 94.5 Å². The van der Waals surface area contributed by atoms with Gasteiger partial charge in [0.05, 0.1) is 43.6 Å². The van der Waals surface area contributed by atoms with Gasteiger partial charge in [0.1, 0.15) is 57.8 Å². The van der Waals surface area contributed by atoms with Crippen LogP contribution in [0.1, 0.15) is 62.8 Å². The number of carbonyl (C=O) groups excluding carboxylic acids is 1. The van der Waals surface area contributed by atoms with Crippen LogP contribution in [0.25, 0.3) is 22.2 Å². The number of amides is 1. The smallest absolute Gasteiger partial charge is 0.417 e. The number of fused-ring (bicyclic) bond motifs is 5. The number of halogens is 5. The van der Waals surface area contributed by atoms with Crippen LogP contribution < -0.4 is 24.0 Å². The molecular formula is C44H45F5N6O5. The van der Waals surface area contributed by atoms with E-state index in [0.717, 1.165) is 19.3 Å². The van der Waals surface area contributed by atoms with Crippen molar-refractivity contribution in [3.8, 4) is 28.6 Å². The first-order valence-electron chi connectivity index (χ1n) is 19.7. The molecule has 0 spiro atoms. The van der Waals surface area contributed by atoms with E-state index in [1.807, 2.05) is 4.90 Å². The first-order valence-corrected chi connectivity index (χ1v) is 19.7. The van der Waals surface area contributed by atoms with Crippen molar-refractivity contribution in [3.05, 3.63) is 94.8 Å². The van der Waals surface area contributed by atoms with E-state index in [-0.39, 0.29) is 47.6 Å². The highest BCUT2D eigenvalue weighted by Crippen LogP contribution is 2.49. The topological polar surface area (TPSA) is 102 Å². The number of alkyl halides is 3. The van der Waals surface area contributed by atoms with E-state index in [2.05, 4.69) is 15.0 Å². The molecule has 5 heterocycles. The molecule has 0 saturated carbocycles. The number of ether oxygens (including phenoxy) is 4. The number of piperazine rings is 1. The minimum Gasteiger partial charge on any atom is -0.497 e. The molecule has 2 bridgehead atoms. The summed E-state index contributed by atoms with van der Waals surface area (Å²) in [5, 5.41) is 0.0893. The van der Waals surface area contributed by atoms with E-state index in [4.69, 9.17) is 18.9 Å². The van der Waals surface area contributed by atoms with Crippen molar-refractivity contribution in [2.24, 2.45) is 0 Å². The quantitative estimate of drug-likeness (QED) is 0.141. The predicted molar refractivity (Wildman–Crippen MR) is 214 cm³/mol. The van der Waals surface area contributed by atoms with Gasteiger partial charge < -0.3 is 28.7 Å². The summed E-state index contributed by atoms with van der Waals surface area (Å²) >= 11 is 0. The van der Waals surface area contributed by atoms with Crippen LogP contribution in [0.3, 0.4) is 0 Å². The number of anilines is 2. The van der Waals surface area contributed by atoms with Gasteiger partial charge in [0, 0.05) is 25.2 Å². The number of methoxy groups -OCH3 is 2. The minimum absolute atomic E-state index is 0.0625. The van der Waals surface area contributed by atoms with Gasteiger partial charge in [-0.2, -0.15) is 13.2 Å². The highest BCUT2D eigenvalue weighted by atomic mass is 19.4. The van der Waals surface area contributed by atoms with Crippen molar-refractivity contribution in [1.82, 2.24) is 19.9 Å². The molecule has 16 heteroatoms. The van der Waals surface area contributed by atoms with Crippen molar-refractivity contribution in [1.29, 1.82) is 0 Å². The Balaban J connectivity index is 1.27. The van der Waals surface area contributed by atoms with E-state index in [1.54, 1.807) is 86.0 Å². The maximum Gasteiger partial charge on any atom is 0.417 e. The fraction of sp³-hybridized carbons (Fsp3) is 0.409. The lowest BCUT2D eigenvalue weighted by molar-refractivity contribution is -0.137. The number of hydrogen-bond donors (Lipinski definition) is 0. The lowest BCUT2D eigenvalue weighted by Gasteiger charge is -2.48. The molecule has 1 amide bonds. The fourth-order valence-corrected chi connectivity index (χ4v) is 8.85. The van der Waals surface area contributed by atoms with E-state index < -0.39 is 64.0 Å². The largest absolute Gasteiger partial charge is 0.497 e. The highest BCUT2D eigenvalue weighted by Gasteiger charge is 2.54. The van der Waals surface area contributed by atoms with E-state index in [1.165, 1.54) is 14.2 Å².